The third-order valence-electron chi connectivity index (χ3n) is 4.83. The van der Waals surface area contributed by atoms with Crippen LogP contribution in [0.4, 0.5) is 0 Å². The highest BCUT2D eigenvalue weighted by Gasteiger charge is 2.37. The summed E-state index contributed by atoms with van der Waals surface area (Å²) in [6.45, 7) is 0. The van der Waals surface area contributed by atoms with E-state index in [1.54, 1.807) is 19.2 Å². The smallest absolute Gasteiger partial charge is 0.305 e. The molecule has 0 aliphatic heterocycles. The SMILES string of the molecule is Cn1c(=O)cc(C(=O)NC2(CC(=O)O)CCCC2)c2ccccc21. The Labute approximate surface area is 139 Å². The number of nitrogens with zero attached hydrogens (tertiary/aromatic N) is 1. The zero-order valence-corrected chi connectivity index (χ0v) is 13.5. The number of carbonyl (C=O) groups excluding carboxylic acids is 1. The number of nitrogens with one attached hydrogen (secondary N) is 1. The van der Waals surface area contributed by atoms with Gasteiger partial charge in [0, 0.05) is 18.5 Å². The van der Waals surface area contributed by atoms with Crippen LogP contribution in [0, 0.1) is 0 Å². The van der Waals surface area contributed by atoms with E-state index in [1.807, 2.05) is 12.1 Å². The quantitative estimate of drug-likeness (QED) is 0.899. The molecule has 1 aromatic heterocycles. The Morgan fingerprint density at radius 1 is 1.25 bits per heavy atom. The first-order valence-electron chi connectivity index (χ1n) is 8.05. The minimum absolute atomic E-state index is 0.0957. The molecule has 1 saturated carbocycles. The van der Waals surface area contributed by atoms with Crippen LogP contribution >= 0.6 is 0 Å². The Bertz CT molecular complexity index is 863. The fraction of sp³-hybridized carbons (Fsp3) is 0.389. The van der Waals surface area contributed by atoms with E-state index in [4.69, 9.17) is 0 Å². The van der Waals surface area contributed by atoms with Crippen molar-refractivity contribution in [3.63, 3.8) is 0 Å². The molecule has 3 rings (SSSR count). The summed E-state index contributed by atoms with van der Waals surface area (Å²) in [7, 11) is 1.66. The molecule has 24 heavy (non-hydrogen) atoms. The van der Waals surface area contributed by atoms with Gasteiger partial charge in [0.2, 0.25) is 0 Å². The molecule has 0 spiro atoms. The first kappa shape index (κ1) is 16.2. The summed E-state index contributed by atoms with van der Waals surface area (Å²) >= 11 is 0. The van der Waals surface area contributed by atoms with Crippen molar-refractivity contribution in [3.8, 4) is 0 Å². The van der Waals surface area contributed by atoms with Crippen molar-refractivity contribution in [2.75, 3.05) is 0 Å². The summed E-state index contributed by atoms with van der Waals surface area (Å²) in [5.41, 5.74) is -0.0118. The predicted molar refractivity (Wildman–Crippen MR) is 90.1 cm³/mol. The van der Waals surface area contributed by atoms with Crippen LogP contribution in [0.2, 0.25) is 0 Å². The van der Waals surface area contributed by atoms with E-state index in [1.165, 1.54) is 10.6 Å². The molecule has 126 valence electrons. The Morgan fingerprint density at radius 3 is 2.58 bits per heavy atom. The molecule has 0 bridgehead atoms. The van der Waals surface area contributed by atoms with Crippen molar-refractivity contribution >= 4 is 22.8 Å². The van der Waals surface area contributed by atoms with E-state index in [0.29, 0.717) is 29.3 Å². The number of hydrogen-bond donors (Lipinski definition) is 2. The first-order valence-corrected chi connectivity index (χ1v) is 8.05. The van der Waals surface area contributed by atoms with Crippen LogP contribution in [-0.2, 0) is 11.8 Å². The number of para-hydroxylation sites is 1. The number of hydrogen-bond acceptors (Lipinski definition) is 3. The number of aromatic nitrogens is 1. The second-order valence-corrected chi connectivity index (χ2v) is 6.48. The van der Waals surface area contributed by atoms with Crippen molar-refractivity contribution in [1.82, 2.24) is 9.88 Å². The van der Waals surface area contributed by atoms with Crippen LogP contribution < -0.4 is 10.9 Å². The van der Waals surface area contributed by atoms with Crippen LogP contribution in [0.1, 0.15) is 42.5 Å². The highest BCUT2D eigenvalue weighted by Crippen LogP contribution is 2.33. The molecular formula is C18H20N2O4. The molecule has 2 aromatic rings. The number of carboxylic acid groups (broad SMARTS) is 1. The Hall–Kier alpha value is -2.63. The first-order chi connectivity index (χ1) is 11.4. The molecule has 1 aromatic carbocycles. The van der Waals surface area contributed by atoms with E-state index in [-0.39, 0.29) is 17.9 Å². The van der Waals surface area contributed by atoms with E-state index in [0.717, 1.165) is 12.8 Å². The highest BCUT2D eigenvalue weighted by molar-refractivity contribution is 6.06. The molecule has 1 heterocycles. The van der Waals surface area contributed by atoms with Gasteiger partial charge in [0.1, 0.15) is 0 Å². The standard InChI is InChI=1S/C18H20N2O4/c1-20-14-7-3-2-6-12(14)13(10-15(20)21)17(24)19-18(11-16(22)23)8-4-5-9-18/h2-3,6-7,10H,4-5,8-9,11H2,1H3,(H,19,24)(H,22,23). The largest absolute Gasteiger partial charge is 0.481 e. The van der Waals surface area contributed by atoms with Gasteiger partial charge in [-0.05, 0) is 18.9 Å². The lowest BCUT2D eigenvalue weighted by molar-refractivity contribution is -0.138. The zero-order chi connectivity index (χ0) is 17.3. The number of carbonyl (C=O) groups is 2. The van der Waals surface area contributed by atoms with Crippen LogP contribution in [0.3, 0.4) is 0 Å². The van der Waals surface area contributed by atoms with Crippen LogP contribution in [0.25, 0.3) is 10.9 Å². The maximum absolute atomic E-state index is 12.8. The van der Waals surface area contributed by atoms with E-state index in [2.05, 4.69) is 5.32 Å². The third-order valence-corrected chi connectivity index (χ3v) is 4.83. The van der Waals surface area contributed by atoms with Crippen LogP contribution in [-0.4, -0.2) is 27.1 Å². The summed E-state index contributed by atoms with van der Waals surface area (Å²) < 4.78 is 1.49. The van der Waals surface area contributed by atoms with E-state index < -0.39 is 11.5 Å². The Kier molecular flexibility index (Phi) is 4.13. The molecule has 0 radical (unpaired) electrons. The number of aryl methyl sites for hydroxylation is 1. The third kappa shape index (κ3) is 2.91. The van der Waals surface area contributed by atoms with Crippen LogP contribution in [0.5, 0.6) is 0 Å². The molecule has 6 nitrogen and oxygen atoms in total. The monoisotopic (exact) mass is 328 g/mol. The summed E-state index contributed by atoms with van der Waals surface area (Å²) in [6.07, 6.45) is 2.98. The number of aliphatic carboxylic acids is 1. The Morgan fingerprint density at radius 2 is 1.92 bits per heavy atom. The number of carboxylic acids is 1. The number of benzene rings is 1. The summed E-state index contributed by atoms with van der Waals surface area (Å²) in [4.78, 5) is 36.1. The predicted octanol–water partition coefficient (Wildman–Crippen LogP) is 2.06. The van der Waals surface area contributed by atoms with Crippen molar-refractivity contribution in [3.05, 3.63) is 46.2 Å². The second-order valence-electron chi connectivity index (χ2n) is 6.48. The van der Waals surface area contributed by atoms with Gasteiger partial charge < -0.3 is 15.0 Å². The molecule has 1 fully saturated rings. The topological polar surface area (TPSA) is 88.4 Å². The Balaban J connectivity index is 2.01. The van der Waals surface area contributed by atoms with Crippen molar-refractivity contribution in [1.29, 1.82) is 0 Å². The van der Waals surface area contributed by atoms with Gasteiger partial charge in [-0.15, -0.1) is 0 Å². The van der Waals surface area contributed by atoms with Gasteiger partial charge in [-0.2, -0.15) is 0 Å². The lowest BCUT2D eigenvalue weighted by Gasteiger charge is -2.29. The average molecular weight is 328 g/mol. The zero-order valence-electron chi connectivity index (χ0n) is 13.5. The van der Waals surface area contributed by atoms with Gasteiger partial charge in [0.25, 0.3) is 11.5 Å². The molecule has 1 amide bonds. The fourth-order valence-electron chi connectivity index (χ4n) is 3.59. The van der Waals surface area contributed by atoms with Crippen molar-refractivity contribution in [2.45, 2.75) is 37.6 Å². The fourth-order valence-corrected chi connectivity index (χ4v) is 3.59. The molecule has 0 saturated heterocycles. The summed E-state index contributed by atoms with van der Waals surface area (Å²) in [5.74, 6) is -1.31. The van der Waals surface area contributed by atoms with Crippen LogP contribution in [0.15, 0.2) is 35.1 Å². The molecule has 6 heteroatoms. The number of amides is 1. The van der Waals surface area contributed by atoms with Gasteiger partial charge in [-0.25, -0.2) is 0 Å². The lowest BCUT2D eigenvalue weighted by Crippen LogP contribution is -2.48. The second kappa shape index (κ2) is 6.11. The molecular weight excluding hydrogens is 308 g/mol. The minimum Gasteiger partial charge on any atom is -0.481 e. The average Bonchev–Trinajstić information content (AvgIpc) is 2.98. The number of pyridine rings is 1. The van der Waals surface area contributed by atoms with Gasteiger partial charge in [-0.3, -0.25) is 14.4 Å². The molecule has 1 aliphatic carbocycles. The van der Waals surface area contributed by atoms with Gasteiger partial charge in [0.15, 0.2) is 0 Å². The molecule has 0 unspecified atom stereocenters. The lowest BCUT2D eigenvalue weighted by atomic mass is 9.92. The van der Waals surface area contributed by atoms with Gasteiger partial charge >= 0.3 is 5.97 Å². The maximum atomic E-state index is 12.8. The van der Waals surface area contributed by atoms with Gasteiger partial charge in [0.05, 0.1) is 23.0 Å². The molecule has 1 aliphatic rings. The summed E-state index contributed by atoms with van der Waals surface area (Å²) in [5, 5.41) is 12.8. The van der Waals surface area contributed by atoms with E-state index >= 15 is 0 Å². The molecule has 2 N–H and O–H groups in total. The van der Waals surface area contributed by atoms with Crippen molar-refractivity contribution in [2.24, 2.45) is 7.05 Å². The number of fused-ring (bicyclic) bond motifs is 1. The minimum atomic E-state index is -0.925. The maximum Gasteiger partial charge on any atom is 0.305 e. The molecule has 0 atom stereocenters. The number of rotatable bonds is 4. The summed E-state index contributed by atoms with van der Waals surface area (Å²) in [6, 6.07) is 8.53. The highest BCUT2D eigenvalue weighted by atomic mass is 16.4. The normalized spacial score (nSPS) is 16.2. The van der Waals surface area contributed by atoms with Gasteiger partial charge in [-0.1, -0.05) is 31.0 Å². The van der Waals surface area contributed by atoms with E-state index in [9.17, 15) is 19.5 Å². The van der Waals surface area contributed by atoms with Crippen molar-refractivity contribution < 1.29 is 14.7 Å².